The monoisotopic (exact) mass is 338 g/mol. The molecule has 2 aromatic carbocycles. The van der Waals surface area contributed by atoms with Crippen molar-refractivity contribution in [3.63, 3.8) is 0 Å². The minimum Gasteiger partial charge on any atom is -0.332 e. The molecule has 19 heavy (non-hydrogen) atoms. The molecule has 0 atom stereocenters. The molecule has 2 N–H and O–H groups in total. The predicted octanol–water partition coefficient (Wildman–Crippen LogP) is 4.71. The molecule has 2 aromatic rings. The average molecular weight is 339 g/mol. The van der Waals surface area contributed by atoms with Crippen LogP contribution in [0.2, 0.25) is 0 Å². The summed E-state index contributed by atoms with van der Waals surface area (Å²) in [6, 6.07) is 12.2. The van der Waals surface area contributed by atoms with E-state index in [-0.39, 0.29) is 5.82 Å². The van der Waals surface area contributed by atoms with Crippen LogP contribution >= 0.6 is 28.1 Å². The normalized spacial score (nSPS) is 10.1. The molecule has 0 unspecified atom stereocenters. The molecule has 0 fully saturated rings. The molecule has 5 heteroatoms. The first-order valence-electron chi connectivity index (χ1n) is 5.64. The summed E-state index contributed by atoms with van der Waals surface area (Å²) in [5.41, 5.74) is 2.46. The van der Waals surface area contributed by atoms with Crippen LogP contribution < -0.4 is 10.6 Å². The lowest BCUT2D eigenvalue weighted by molar-refractivity contribution is 0.628. The highest BCUT2D eigenvalue weighted by atomic mass is 79.9. The molecule has 0 bridgehead atoms. The summed E-state index contributed by atoms with van der Waals surface area (Å²) in [6.07, 6.45) is 0. The molecule has 0 amide bonds. The van der Waals surface area contributed by atoms with E-state index >= 15 is 0 Å². The van der Waals surface area contributed by atoms with Crippen LogP contribution in [0.5, 0.6) is 0 Å². The Kier molecular flexibility index (Phi) is 4.50. The standard InChI is InChI=1S/C14H12BrFN2S/c1-9-2-5-11(16)8-13(9)18-14(19)17-12-6-3-10(15)4-7-12/h2-8H,1H3,(H2,17,18,19). The van der Waals surface area contributed by atoms with E-state index in [2.05, 4.69) is 26.6 Å². The molecule has 0 heterocycles. The van der Waals surface area contributed by atoms with Gasteiger partial charge in [0.05, 0.1) is 0 Å². The fourth-order valence-corrected chi connectivity index (χ4v) is 2.04. The van der Waals surface area contributed by atoms with Crippen molar-refractivity contribution in [2.24, 2.45) is 0 Å². The zero-order valence-electron chi connectivity index (χ0n) is 10.2. The number of hydrogen-bond donors (Lipinski definition) is 2. The maximum absolute atomic E-state index is 13.2. The topological polar surface area (TPSA) is 24.1 Å². The van der Waals surface area contributed by atoms with Gasteiger partial charge in [0.1, 0.15) is 5.82 Å². The lowest BCUT2D eigenvalue weighted by Gasteiger charge is -2.12. The number of nitrogens with one attached hydrogen (secondary N) is 2. The van der Waals surface area contributed by atoms with Crippen molar-refractivity contribution < 1.29 is 4.39 Å². The third-order valence-corrected chi connectivity index (χ3v) is 3.28. The Hall–Kier alpha value is -1.46. The molecule has 2 rings (SSSR count). The van der Waals surface area contributed by atoms with Gasteiger partial charge in [-0.2, -0.15) is 0 Å². The Morgan fingerprint density at radius 3 is 2.47 bits per heavy atom. The number of halogens is 2. The van der Waals surface area contributed by atoms with Crippen LogP contribution in [0.3, 0.4) is 0 Å². The van der Waals surface area contributed by atoms with E-state index < -0.39 is 0 Å². The fraction of sp³-hybridized carbons (Fsp3) is 0.0714. The van der Waals surface area contributed by atoms with Crippen molar-refractivity contribution >= 4 is 44.6 Å². The Bertz CT molecular complexity index is 599. The van der Waals surface area contributed by atoms with E-state index in [9.17, 15) is 4.39 Å². The molecular weight excluding hydrogens is 327 g/mol. The van der Waals surface area contributed by atoms with Gasteiger partial charge in [-0.1, -0.05) is 22.0 Å². The lowest BCUT2D eigenvalue weighted by atomic mass is 10.2. The van der Waals surface area contributed by atoms with Crippen molar-refractivity contribution in [3.05, 3.63) is 58.3 Å². The van der Waals surface area contributed by atoms with Gasteiger partial charge in [-0.05, 0) is 61.1 Å². The minimum absolute atomic E-state index is 0.292. The van der Waals surface area contributed by atoms with Crippen LogP contribution in [-0.2, 0) is 0 Å². The fourth-order valence-electron chi connectivity index (χ4n) is 1.55. The Labute approximate surface area is 125 Å². The van der Waals surface area contributed by atoms with Crippen molar-refractivity contribution in [3.8, 4) is 0 Å². The van der Waals surface area contributed by atoms with Gasteiger partial charge < -0.3 is 10.6 Å². The van der Waals surface area contributed by atoms with E-state index in [1.807, 2.05) is 31.2 Å². The maximum Gasteiger partial charge on any atom is 0.175 e. The molecule has 0 aromatic heterocycles. The summed E-state index contributed by atoms with van der Waals surface area (Å²) in [4.78, 5) is 0. The van der Waals surface area contributed by atoms with Crippen LogP contribution in [-0.4, -0.2) is 5.11 Å². The minimum atomic E-state index is -0.292. The second kappa shape index (κ2) is 6.12. The number of benzene rings is 2. The van der Waals surface area contributed by atoms with Gasteiger partial charge in [-0.25, -0.2) is 4.39 Å². The molecule has 0 saturated carbocycles. The van der Waals surface area contributed by atoms with Crippen LogP contribution in [0, 0.1) is 12.7 Å². The van der Waals surface area contributed by atoms with E-state index in [1.165, 1.54) is 12.1 Å². The van der Waals surface area contributed by atoms with Crippen molar-refractivity contribution in [1.82, 2.24) is 0 Å². The van der Waals surface area contributed by atoms with Crippen LogP contribution in [0.1, 0.15) is 5.56 Å². The molecule has 2 nitrogen and oxygen atoms in total. The summed E-state index contributed by atoms with van der Waals surface area (Å²) in [5.74, 6) is -0.292. The van der Waals surface area contributed by atoms with Crippen LogP contribution in [0.4, 0.5) is 15.8 Å². The van der Waals surface area contributed by atoms with E-state index in [0.29, 0.717) is 10.8 Å². The quantitative estimate of drug-likeness (QED) is 0.775. The molecule has 0 spiro atoms. The predicted molar refractivity (Wildman–Crippen MR) is 85.1 cm³/mol. The van der Waals surface area contributed by atoms with Gasteiger partial charge in [0.25, 0.3) is 0 Å². The first kappa shape index (κ1) is 14.0. The second-order valence-electron chi connectivity index (χ2n) is 4.05. The summed E-state index contributed by atoms with van der Waals surface area (Å²) >= 11 is 8.56. The molecule has 0 saturated heterocycles. The molecular formula is C14H12BrFN2S. The number of anilines is 2. The second-order valence-corrected chi connectivity index (χ2v) is 5.37. The zero-order chi connectivity index (χ0) is 13.8. The van der Waals surface area contributed by atoms with Gasteiger partial charge >= 0.3 is 0 Å². The molecule has 0 radical (unpaired) electrons. The molecule has 0 aliphatic rings. The highest BCUT2D eigenvalue weighted by Gasteiger charge is 2.03. The lowest BCUT2D eigenvalue weighted by Crippen LogP contribution is -2.19. The average Bonchev–Trinajstić information content (AvgIpc) is 2.37. The Morgan fingerprint density at radius 1 is 1.11 bits per heavy atom. The smallest absolute Gasteiger partial charge is 0.175 e. The van der Waals surface area contributed by atoms with E-state index in [4.69, 9.17) is 12.2 Å². The first-order valence-corrected chi connectivity index (χ1v) is 6.84. The molecule has 0 aliphatic carbocycles. The number of hydrogen-bond acceptors (Lipinski definition) is 1. The molecule has 98 valence electrons. The highest BCUT2D eigenvalue weighted by molar-refractivity contribution is 9.10. The SMILES string of the molecule is Cc1ccc(F)cc1NC(=S)Nc1ccc(Br)cc1. The largest absolute Gasteiger partial charge is 0.332 e. The highest BCUT2D eigenvalue weighted by Crippen LogP contribution is 2.17. The van der Waals surface area contributed by atoms with Gasteiger partial charge in [-0.3, -0.25) is 0 Å². The van der Waals surface area contributed by atoms with Gasteiger partial charge in [0.15, 0.2) is 5.11 Å². The van der Waals surface area contributed by atoms with E-state index in [1.54, 1.807) is 6.07 Å². The first-order chi connectivity index (χ1) is 9.04. The Morgan fingerprint density at radius 2 is 1.79 bits per heavy atom. The Balaban J connectivity index is 2.05. The van der Waals surface area contributed by atoms with Gasteiger partial charge in [0.2, 0.25) is 0 Å². The van der Waals surface area contributed by atoms with Gasteiger partial charge in [0, 0.05) is 15.8 Å². The maximum atomic E-state index is 13.2. The molecule has 0 aliphatic heterocycles. The van der Waals surface area contributed by atoms with Gasteiger partial charge in [-0.15, -0.1) is 0 Å². The summed E-state index contributed by atoms with van der Waals surface area (Å²) in [7, 11) is 0. The van der Waals surface area contributed by atoms with Crippen LogP contribution in [0.25, 0.3) is 0 Å². The van der Waals surface area contributed by atoms with Crippen molar-refractivity contribution in [2.75, 3.05) is 10.6 Å². The number of aryl methyl sites for hydroxylation is 1. The van der Waals surface area contributed by atoms with Crippen molar-refractivity contribution in [2.45, 2.75) is 6.92 Å². The van der Waals surface area contributed by atoms with Crippen LogP contribution in [0.15, 0.2) is 46.9 Å². The third-order valence-electron chi connectivity index (χ3n) is 2.55. The summed E-state index contributed by atoms with van der Waals surface area (Å²) in [5, 5.41) is 6.45. The zero-order valence-corrected chi connectivity index (χ0v) is 12.6. The summed E-state index contributed by atoms with van der Waals surface area (Å²) < 4.78 is 14.2. The number of rotatable bonds is 2. The third kappa shape index (κ3) is 4.01. The summed E-state index contributed by atoms with van der Waals surface area (Å²) in [6.45, 7) is 1.89. The van der Waals surface area contributed by atoms with Crippen molar-refractivity contribution in [1.29, 1.82) is 0 Å². The van der Waals surface area contributed by atoms with E-state index in [0.717, 1.165) is 15.7 Å². The number of thiocarbonyl (C=S) groups is 1.